The van der Waals surface area contributed by atoms with E-state index >= 15 is 0 Å². The van der Waals surface area contributed by atoms with Gasteiger partial charge in [-0.3, -0.25) is 4.79 Å². The van der Waals surface area contributed by atoms with Gasteiger partial charge in [0.25, 0.3) is 11.9 Å². The molecule has 0 aliphatic heterocycles. The van der Waals surface area contributed by atoms with Gasteiger partial charge in [0.15, 0.2) is 12.4 Å². The Morgan fingerprint density at radius 1 is 1.24 bits per heavy atom. The van der Waals surface area contributed by atoms with E-state index in [1.165, 1.54) is 48.0 Å². The van der Waals surface area contributed by atoms with Crippen LogP contribution in [-0.4, -0.2) is 60.1 Å². The van der Waals surface area contributed by atoms with Crippen LogP contribution in [0.25, 0.3) is 5.95 Å². The van der Waals surface area contributed by atoms with Gasteiger partial charge in [0.1, 0.15) is 17.8 Å². The number of hydrogen-bond donors (Lipinski definition) is 1. The van der Waals surface area contributed by atoms with Gasteiger partial charge in [0.05, 0.1) is 18.4 Å². The number of benzene rings is 1. The van der Waals surface area contributed by atoms with Gasteiger partial charge in [-0.2, -0.15) is 27.3 Å². The van der Waals surface area contributed by atoms with E-state index in [9.17, 15) is 22.2 Å². The second-order valence-corrected chi connectivity index (χ2v) is 10.3. The number of carbonyl (C=O) groups is 1. The molecule has 15 heteroatoms. The van der Waals surface area contributed by atoms with Gasteiger partial charge in [-0.15, -0.1) is 0 Å². The predicted octanol–water partition coefficient (Wildman–Crippen LogP) is 3.50. The second kappa shape index (κ2) is 9.93. The van der Waals surface area contributed by atoms with Gasteiger partial charge in [-0.05, 0) is 25.1 Å². The summed E-state index contributed by atoms with van der Waals surface area (Å²) in [6.45, 7) is 0.102. The number of rotatable bonds is 7. The minimum Gasteiger partial charge on any atom is -0.484 e. The molecule has 0 fully saturated rings. The van der Waals surface area contributed by atoms with Gasteiger partial charge in [-0.25, -0.2) is 19.2 Å². The third-order valence-electron chi connectivity index (χ3n) is 3.98. The van der Waals surface area contributed by atoms with Crippen LogP contribution in [0.2, 0.25) is 5.02 Å². The maximum absolute atomic E-state index is 12.7. The molecule has 1 amide bonds. The summed E-state index contributed by atoms with van der Waals surface area (Å²) in [6, 6.07) is 2.91. The summed E-state index contributed by atoms with van der Waals surface area (Å²) in [6.07, 6.45) is 2.41. The lowest BCUT2D eigenvalue weighted by molar-refractivity contribution is -0.153. The maximum atomic E-state index is 12.7. The standard InChI is InChI=1S/C19H19ClF3N7O3S/c1-11(28-17(31)12-4-13(20)6-15(5-12)33-9-19(21,22)23)16-26-10-27-30(16)18-24-7-14(8-25-18)29-34(2,3)32/h4-8,10-11H,9H2,1-3H3,(H,28,31)/t11-/m0/s1. The van der Waals surface area contributed by atoms with Crippen LogP contribution in [0, 0.1) is 0 Å². The van der Waals surface area contributed by atoms with E-state index in [0.717, 1.165) is 6.07 Å². The quantitative estimate of drug-likeness (QED) is 0.508. The summed E-state index contributed by atoms with van der Waals surface area (Å²) in [4.78, 5) is 25.1. The fourth-order valence-corrected chi connectivity index (χ4v) is 3.54. The van der Waals surface area contributed by atoms with E-state index in [-0.39, 0.29) is 28.1 Å². The molecule has 3 aromatic rings. The molecule has 0 aliphatic rings. The van der Waals surface area contributed by atoms with E-state index in [1.54, 1.807) is 6.92 Å². The van der Waals surface area contributed by atoms with Crippen molar-refractivity contribution in [3.8, 4) is 11.7 Å². The topological polar surface area (TPSA) is 124 Å². The monoisotopic (exact) mass is 517 g/mol. The lowest BCUT2D eigenvalue weighted by Gasteiger charge is -2.15. The number of nitrogens with zero attached hydrogens (tertiary/aromatic N) is 6. The third-order valence-corrected chi connectivity index (χ3v) is 4.85. The minimum absolute atomic E-state index is 0.00691. The second-order valence-electron chi connectivity index (χ2n) is 7.32. The van der Waals surface area contributed by atoms with Crippen LogP contribution < -0.4 is 10.1 Å². The molecule has 1 atom stereocenters. The predicted molar refractivity (Wildman–Crippen MR) is 118 cm³/mol. The van der Waals surface area contributed by atoms with Crippen molar-refractivity contribution in [2.45, 2.75) is 19.1 Å². The zero-order valence-corrected chi connectivity index (χ0v) is 19.6. The van der Waals surface area contributed by atoms with Crippen LogP contribution in [-0.2, 0) is 9.73 Å². The Morgan fingerprint density at radius 3 is 2.53 bits per heavy atom. The largest absolute Gasteiger partial charge is 0.484 e. The number of alkyl halides is 3. The summed E-state index contributed by atoms with van der Waals surface area (Å²) < 4.78 is 59.0. The van der Waals surface area contributed by atoms with E-state index in [1.807, 2.05) is 0 Å². The number of aromatic nitrogens is 5. The van der Waals surface area contributed by atoms with Crippen molar-refractivity contribution in [3.05, 3.63) is 53.3 Å². The normalized spacial score (nSPS) is 12.8. The molecule has 0 bridgehead atoms. The number of ether oxygens (including phenoxy) is 1. The first-order chi connectivity index (χ1) is 15.8. The Kier molecular flexibility index (Phi) is 7.41. The van der Waals surface area contributed by atoms with Gasteiger partial charge in [0.2, 0.25) is 0 Å². The van der Waals surface area contributed by atoms with Crippen molar-refractivity contribution >= 4 is 32.9 Å². The molecule has 1 aromatic carbocycles. The molecule has 0 aliphatic carbocycles. The van der Waals surface area contributed by atoms with E-state index in [2.05, 4.69) is 34.5 Å². The average molecular weight is 518 g/mol. The van der Waals surface area contributed by atoms with E-state index in [0.29, 0.717) is 5.69 Å². The molecule has 3 rings (SSSR count). The molecule has 0 unspecified atom stereocenters. The average Bonchev–Trinajstić information content (AvgIpc) is 3.21. The highest BCUT2D eigenvalue weighted by atomic mass is 35.5. The molecule has 34 heavy (non-hydrogen) atoms. The zero-order chi connectivity index (χ0) is 25.1. The molecule has 182 valence electrons. The summed E-state index contributed by atoms with van der Waals surface area (Å²) in [5.41, 5.74) is 0.318. The summed E-state index contributed by atoms with van der Waals surface area (Å²) >= 11 is 5.93. The van der Waals surface area contributed by atoms with Crippen LogP contribution in [0.4, 0.5) is 18.9 Å². The Labute approximate surface area is 197 Å². The molecule has 1 N–H and O–H groups in total. The Morgan fingerprint density at radius 2 is 1.91 bits per heavy atom. The van der Waals surface area contributed by atoms with Crippen molar-refractivity contribution in [2.75, 3.05) is 19.1 Å². The van der Waals surface area contributed by atoms with Crippen LogP contribution >= 0.6 is 11.6 Å². The molecule has 0 radical (unpaired) electrons. The molecule has 0 saturated carbocycles. The Bertz CT molecular complexity index is 1300. The Balaban J connectivity index is 1.77. The summed E-state index contributed by atoms with van der Waals surface area (Å²) in [5.74, 6) is -0.412. The first kappa shape index (κ1) is 25.4. The number of halogens is 4. The minimum atomic E-state index is -4.54. The van der Waals surface area contributed by atoms with Gasteiger partial charge < -0.3 is 10.1 Å². The highest BCUT2D eigenvalue weighted by Gasteiger charge is 2.28. The fraction of sp³-hybridized carbons (Fsp3) is 0.316. The van der Waals surface area contributed by atoms with Crippen molar-refractivity contribution in [1.82, 2.24) is 30.0 Å². The maximum Gasteiger partial charge on any atom is 0.422 e. The summed E-state index contributed by atoms with van der Waals surface area (Å²) in [7, 11) is -2.38. The number of amides is 1. The molecule has 2 aromatic heterocycles. The smallest absolute Gasteiger partial charge is 0.422 e. The van der Waals surface area contributed by atoms with Gasteiger partial charge >= 0.3 is 6.18 Å². The van der Waals surface area contributed by atoms with Crippen LogP contribution in [0.3, 0.4) is 0 Å². The molecular weight excluding hydrogens is 499 g/mol. The summed E-state index contributed by atoms with van der Waals surface area (Å²) in [5, 5.41) is 6.76. The van der Waals surface area contributed by atoms with Gasteiger partial charge in [-0.1, -0.05) is 11.6 Å². The van der Waals surface area contributed by atoms with Crippen LogP contribution in [0.15, 0.2) is 41.3 Å². The molecule has 0 spiro atoms. The SMILES string of the molecule is C[C@H](NC(=O)c1cc(Cl)cc(OCC(F)(F)F)c1)c1ncnn1-c1ncc(N=S(C)(C)=O)cn1. The lowest BCUT2D eigenvalue weighted by atomic mass is 10.2. The molecular formula is C19H19ClF3N7O3S. The van der Waals surface area contributed by atoms with Crippen molar-refractivity contribution < 1.29 is 26.9 Å². The first-order valence-electron chi connectivity index (χ1n) is 9.51. The highest BCUT2D eigenvalue weighted by molar-refractivity contribution is 7.92. The fourth-order valence-electron chi connectivity index (χ4n) is 2.71. The van der Waals surface area contributed by atoms with Crippen molar-refractivity contribution in [3.63, 3.8) is 0 Å². The number of carbonyl (C=O) groups excluding carboxylic acids is 1. The lowest BCUT2D eigenvalue weighted by Crippen LogP contribution is -2.29. The molecule has 2 heterocycles. The highest BCUT2D eigenvalue weighted by Crippen LogP contribution is 2.24. The van der Waals surface area contributed by atoms with E-state index in [4.69, 9.17) is 11.6 Å². The number of nitrogens with one attached hydrogen (secondary N) is 1. The van der Waals surface area contributed by atoms with Crippen molar-refractivity contribution in [2.24, 2.45) is 4.36 Å². The van der Waals surface area contributed by atoms with E-state index < -0.39 is 34.5 Å². The third kappa shape index (κ3) is 7.12. The first-order valence-corrected chi connectivity index (χ1v) is 12.2. The van der Waals surface area contributed by atoms with Crippen molar-refractivity contribution in [1.29, 1.82) is 0 Å². The zero-order valence-electron chi connectivity index (χ0n) is 18.1. The molecule has 0 saturated heterocycles. The van der Waals surface area contributed by atoms with Gasteiger partial charge in [0, 0.05) is 32.8 Å². The van der Waals surface area contributed by atoms with Crippen LogP contribution in [0.5, 0.6) is 5.75 Å². The Hall–Kier alpha value is -3.26. The molecule has 10 nitrogen and oxygen atoms in total. The van der Waals surface area contributed by atoms with Crippen LogP contribution in [0.1, 0.15) is 29.1 Å². The number of hydrogen-bond acceptors (Lipinski definition) is 8.